The fourth-order valence-corrected chi connectivity index (χ4v) is 5.54. The van der Waals surface area contributed by atoms with Crippen LogP contribution in [0.2, 0.25) is 0 Å². The molecule has 2 saturated carbocycles. The molecule has 0 aromatic heterocycles. The number of carbonyl (C=O) groups is 2. The molecular formula is C22H18N2O2. The molecule has 7 rings (SSSR count). The SMILES string of the molecule is O=C1[C@@H]2[C@@H]3C=C[C@H]([C@H]4C[C@@H]34)[C@@H]2C(=O)N1/N=C\c1cccc2ccccc12. The average molecular weight is 342 g/mol. The van der Waals surface area contributed by atoms with Crippen LogP contribution >= 0.6 is 0 Å². The molecule has 2 aromatic carbocycles. The predicted molar refractivity (Wildman–Crippen MR) is 98.1 cm³/mol. The minimum atomic E-state index is -0.189. The molecule has 2 bridgehead atoms. The normalized spacial score (nSPS) is 36.8. The number of rotatable bonds is 2. The lowest BCUT2D eigenvalue weighted by molar-refractivity contribution is -0.140. The minimum Gasteiger partial charge on any atom is -0.272 e. The molecule has 1 heterocycles. The van der Waals surface area contributed by atoms with Crippen LogP contribution in [0, 0.1) is 35.5 Å². The number of nitrogens with zero attached hydrogens (tertiary/aromatic N) is 2. The van der Waals surface area contributed by atoms with Crippen molar-refractivity contribution in [2.75, 3.05) is 0 Å². The Labute approximate surface area is 151 Å². The monoisotopic (exact) mass is 342 g/mol. The molecule has 2 amide bonds. The molecule has 0 N–H and O–H groups in total. The highest BCUT2D eigenvalue weighted by Crippen LogP contribution is 2.65. The average Bonchev–Trinajstić information content (AvgIpc) is 3.45. The smallest absolute Gasteiger partial charge is 0.254 e. The number of fused-ring (bicyclic) bond motifs is 1. The van der Waals surface area contributed by atoms with Crippen LogP contribution in [0.1, 0.15) is 12.0 Å². The van der Waals surface area contributed by atoms with Gasteiger partial charge in [-0.1, -0.05) is 54.6 Å². The number of allylic oxidation sites excluding steroid dienone is 2. The zero-order valence-electron chi connectivity index (χ0n) is 14.2. The Morgan fingerprint density at radius 2 is 1.54 bits per heavy atom. The zero-order valence-corrected chi connectivity index (χ0v) is 14.2. The summed E-state index contributed by atoms with van der Waals surface area (Å²) >= 11 is 0. The Morgan fingerprint density at radius 3 is 2.27 bits per heavy atom. The Morgan fingerprint density at radius 1 is 0.885 bits per heavy atom. The van der Waals surface area contributed by atoms with Crippen molar-refractivity contribution < 1.29 is 9.59 Å². The first-order valence-corrected chi connectivity index (χ1v) is 9.32. The van der Waals surface area contributed by atoms with E-state index in [0.29, 0.717) is 11.8 Å². The summed E-state index contributed by atoms with van der Waals surface area (Å²) in [4.78, 5) is 25.9. The van der Waals surface area contributed by atoms with Crippen LogP contribution in [-0.2, 0) is 9.59 Å². The molecule has 1 saturated heterocycles. The first kappa shape index (κ1) is 14.4. The summed E-state index contributed by atoms with van der Waals surface area (Å²) in [7, 11) is 0. The van der Waals surface area contributed by atoms with E-state index in [9.17, 15) is 9.59 Å². The molecule has 3 fully saturated rings. The van der Waals surface area contributed by atoms with Crippen molar-refractivity contribution in [2.24, 2.45) is 40.6 Å². The molecular weight excluding hydrogens is 324 g/mol. The van der Waals surface area contributed by atoms with Gasteiger partial charge in [0.2, 0.25) is 0 Å². The maximum Gasteiger partial charge on any atom is 0.254 e. The number of hydrazone groups is 1. The molecule has 1 aliphatic heterocycles. The van der Waals surface area contributed by atoms with Crippen molar-refractivity contribution >= 4 is 28.8 Å². The van der Waals surface area contributed by atoms with Gasteiger partial charge in [-0.3, -0.25) is 9.59 Å². The molecule has 0 radical (unpaired) electrons. The predicted octanol–water partition coefficient (Wildman–Crippen LogP) is 3.23. The number of carbonyl (C=O) groups excluding carboxylic acids is 2. The summed E-state index contributed by atoms with van der Waals surface area (Å²) < 4.78 is 0. The second-order valence-electron chi connectivity index (χ2n) is 7.96. The van der Waals surface area contributed by atoms with E-state index in [4.69, 9.17) is 0 Å². The van der Waals surface area contributed by atoms with Gasteiger partial charge < -0.3 is 0 Å². The molecule has 6 atom stereocenters. The van der Waals surface area contributed by atoms with Gasteiger partial charge in [0.1, 0.15) is 0 Å². The minimum absolute atomic E-state index is 0.110. The van der Waals surface area contributed by atoms with Crippen LogP contribution in [0.5, 0.6) is 0 Å². The highest BCUT2D eigenvalue weighted by molar-refractivity contribution is 6.07. The standard InChI is InChI=1S/C22H18N2O2/c25-21-19-15-8-9-16(18-10-17(15)18)20(19)22(26)24(21)23-11-13-6-3-5-12-4-1-2-7-14(12)13/h1-9,11,15-20H,10H2/b23-11-/t15-,16-,17-,18+,19+,20-/m1/s1. The molecule has 128 valence electrons. The van der Waals surface area contributed by atoms with E-state index < -0.39 is 0 Å². The lowest BCUT2D eigenvalue weighted by atomic mass is 9.63. The fourth-order valence-electron chi connectivity index (χ4n) is 5.54. The van der Waals surface area contributed by atoms with Gasteiger partial charge in [0.15, 0.2) is 0 Å². The zero-order chi connectivity index (χ0) is 17.4. The van der Waals surface area contributed by atoms with Crippen LogP contribution in [-0.4, -0.2) is 23.0 Å². The Kier molecular flexibility index (Phi) is 2.72. The Hall–Kier alpha value is -2.75. The maximum atomic E-state index is 12.9. The second-order valence-corrected chi connectivity index (χ2v) is 7.96. The van der Waals surface area contributed by atoms with Crippen molar-refractivity contribution in [3.63, 3.8) is 0 Å². The van der Waals surface area contributed by atoms with Gasteiger partial charge in [0.05, 0.1) is 18.1 Å². The quantitative estimate of drug-likeness (QED) is 0.478. The van der Waals surface area contributed by atoms with Crippen molar-refractivity contribution in [1.82, 2.24) is 5.01 Å². The van der Waals surface area contributed by atoms with E-state index in [1.807, 2.05) is 42.5 Å². The van der Waals surface area contributed by atoms with Gasteiger partial charge in [-0.15, -0.1) is 0 Å². The van der Waals surface area contributed by atoms with Crippen LogP contribution < -0.4 is 0 Å². The van der Waals surface area contributed by atoms with Gasteiger partial charge >= 0.3 is 0 Å². The van der Waals surface area contributed by atoms with E-state index in [1.54, 1.807) is 6.21 Å². The largest absolute Gasteiger partial charge is 0.272 e. The highest BCUT2D eigenvalue weighted by Gasteiger charge is 2.67. The first-order chi connectivity index (χ1) is 12.7. The third kappa shape index (κ3) is 1.77. The van der Waals surface area contributed by atoms with E-state index >= 15 is 0 Å². The lowest BCUT2D eigenvalue weighted by Crippen LogP contribution is -2.40. The van der Waals surface area contributed by atoms with Gasteiger partial charge in [0, 0.05) is 5.56 Å². The van der Waals surface area contributed by atoms with E-state index in [0.717, 1.165) is 21.3 Å². The molecule has 4 heteroatoms. The summed E-state index contributed by atoms with van der Waals surface area (Å²) in [6.07, 6.45) is 7.20. The van der Waals surface area contributed by atoms with Gasteiger partial charge in [-0.25, -0.2) is 0 Å². The number of amides is 2. The maximum absolute atomic E-state index is 12.9. The Balaban J connectivity index is 1.36. The highest BCUT2D eigenvalue weighted by atomic mass is 16.2. The third-order valence-electron chi connectivity index (χ3n) is 6.78. The van der Waals surface area contributed by atoms with Gasteiger partial charge in [-0.2, -0.15) is 10.1 Å². The third-order valence-corrected chi connectivity index (χ3v) is 6.78. The summed E-state index contributed by atoms with van der Waals surface area (Å²) in [6.45, 7) is 0. The first-order valence-electron chi connectivity index (χ1n) is 9.32. The van der Waals surface area contributed by atoms with Gasteiger partial charge in [-0.05, 0) is 40.9 Å². The van der Waals surface area contributed by atoms with Crippen LogP contribution in [0.15, 0.2) is 59.7 Å². The number of hydrogen-bond acceptors (Lipinski definition) is 3. The van der Waals surface area contributed by atoms with E-state index in [2.05, 4.69) is 17.3 Å². The topological polar surface area (TPSA) is 49.7 Å². The van der Waals surface area contributed by atoms with Crippen molar-refractivity contribution in [1.29, 1.82) is 0 Å². The summed E-state index contributed by atoms with van der Waals surface area (Å²) in [5.41, 5.74) is 0.919. The summed E-state index contributed by atoms with van der Waals surface area (Å²) in [6, 6.07) is 14.0. The second kappa shape index (κ2) is 4.91. The van der Waals surface area contributed by atoms with E-state index in [-0.39, 0.29) is 35.5 Å². The fraction of sp³-hybridized carbons (Fsp3) is 0.318. The van der Waals surface area contributed by atoms with Gasteiger partial charge in [0.25, 0.3) is 11.8 Å². The summed E-state index contributed by atoms with van der Waals surface area (Å²) in [5, 5.41) is 7.68. The molecule has 0 spiro atoms. The number of imide groups is 1. The van der Waals surface area contributed by atoms with Crippen molar-refractivity contribution in [3.05, 3.63) is 60.2 Å². The summed E-state index contributed by atoms with van der Waals surface area (Å²) in [5.74, 6) is 1.11. The molecule has 5 aliphatic rings. The van der Waals surface area contributed by atoms with Crippen molar-refractivity contribution in [3.8, 4) is 0 Å². The van der Waals surface area contributed by atoms with Crippen molar-refractivity contribution in [2.45, 2.75) is 6.42 Å². The van der Waals surface area contributed by atoms with Crippen LogP contribution in [0.25, 0.3) is 10.8 Å². The lowest BCUT2D eigenvalue weighted by Gasteiger charge is -2.37. The van der Waals surface area contributed by atoms with Crippen LogP contribution in [0.3, 0.4) is 0 Å². The molecule has 0 unspecified atom stereocenters. The Bertz CT molecular complexity index is 982. The van der Waals surface area contributed by atoms with E-state index in [1.165, 1.54) is 6.42 Å². The molecule has 4 aliphatic carbocycles. The van der Waals surface area contributed by atoms with Crippen LogP contribution in [0.4, 0.5) is 0 Å². The molecule has 26 heavy (non-hydrogen) atoms. The molecule has 2 aromatic rings. The number of benzene rings is 2. The number of hydrogen-bond donors (Lipinski definition) is 0. The molecule has 4 nitrogen and oxygen atoms in total.